The van der Waals surface area contributed by atoms with Crippen molar-refractivity contribution in [1.82, 2.24) is 4.98 Å². The fraction of sp³-hybridized carbons (Fsp3) is 0.0667. The lowest BCUT2D eigenvalue weighted by Gasteiger charge is -2.05. The van der Waals surface area contributed by atoms with Gasteiger partial charge in [0.2, 0.25) is 0 Å². The third kappa shape index (κ3) is 2.37. The standard InChI is InChI=1S/C15H12N2OS2/c1-9-2-3-10(15-17-6-7-19-15)8-11(9)12-4-5-13(20-12)14(16)18/h2-8H,1H3,(H2,16,18). The summed E-state index contributed by atoms with van der Waals surface area (Å²) >= 11 is 3.04. The van der Waals surface area contributed by atoms with E-state index in [4.69, 9.17) is 5.73 Å². The van der Waals surface area contributed by atoms with E-state index in [9.17, 15) is 4.79 Å². The lowest BCUT2D eigenvalue weighted by molar-refractivity contribution is 0.100. The number of amides is 1. The predicted molar refractivity (Wildman–Crippen MR) is 84.1 cm³/mol. The highest BCUT2D eigenvalue weighted by Crippen LogP contribution is 2.34. The van der Waals surface area contributed by atoms with Gasteiger partial charge in [0.05, 0.1) is 4.88 Å². The average Bonchev–Trinajstić information content (AvgIpc) is 3.10. The number of thiophene rings is 1. The predicted octanol–water partition coefficient (Wildman–Crippen LogP) is 3.95. The molecule has 0 bridgehead atoms. The first-order valence-electron chi connectivity index (χ1n) is 6.05. The number of thiazole rings is 1. The summed E-state index contributed by atoms with van der Waals surface area (Å²) in [6.45, 7) is 2.06. The monoisotopic (exact) mass is 300 g/mol. The van der Waals surface area contributed by atoms with Gasteiger partial charge in [-0.05, 0) is 36.2 Å². The quantitative estimate of drug-likeness (QED) is 0.796. The minimum atomic E-state index is -0.380. The van der Waals surface area contributed by atoms with Crippen molar-refractivity contribution in [2.75, 3.05) is 0 Å². The number of aromatic nitrogens is 1. The maximum atomic E-state index is 11.2. The lowest BCUT2D eigenvalue weighted by Crippen LogP contribution is -2.07. The molecule has 2 heterocycles. The van der Waals surface area contributed by atoms with Crippen LogP contribution in [0.25, 0.3) is 21.0 Å². The molecule has 0 atom stereocenters. The Morgan fingerprint density at radius 1 is 1.25 bits per heavy atom. The molecule has 2 aromatic heterocycles. The molecular formula is C15H12N2OS2. The van der Waals surface area contributed by atoms with Crippen LogP contribution in [0.2, 0.25) is 0 Å². The highest BCUT2D eigenvalue weighted by atomic mass is 32.1. The van der Waals surface area contributed by atoms with Gasteiger partial charge in [0.15, 0.2) is 0 Å². The minimum absolute atomic E-state index is 0.380. The Morgan fingerprint density at radius 2 is 2.10 bits per heavy atom. The van der Waals surface area contributed by atoms with Gasteiger partial charge >= 0.3 is 0 Å². The second-order valence-electron chi connectivity index (χ2n) is 4.40. The summed E-state index contributed by atoms with van der Waals surface area (Å²) < 4.78 is 0. The maximum Gasteiger partial charge on any atom is 0.258 e. The van der Waals surface area contributed by atoms with Crippen molar-refractivity contribution in [2.24, 2.45) is 5.73 Å². The van der Waals surface area contributed by atoms with Crippen LogP contribution in [0.15, 0.2) is 41.9 Å². The molecule has 0 aliphatic carbocycles. The molecule has 5 heteroatoms. The molecule has 3 nitrogen and oxygen atoms in total. The van der Waals surface area contributed by atoms with Crippen molar-refractivity contribution in [2.45, 2.75) is 6.92 Å². The molecule has 3 rings (SSSR count). The minimum Gasteiger partial charge on any atom is -0.365 e. The number of nitrogens with zero attached hydrogens (tertiary/aromatic N) is 1. The molecule has 0 saturated carbocycles. The molecule has 0 saturated heterocycles. The van der Waals surface area contributed by atoms with Crippen LogP contribution < -0.4 is 5.73 Å². The number of hydrogen-bond acceptors (Lipinski definition) is 4. The SMILES string of the molecule is Cc1ccc(-c2nccs2)cc1-c1ccc(C(N)=O)s1. The largest absolute Gasteiger partial charge is 0.365 e. The van der Waals surface area contributed by atoms with E-state index in [0.717, 1.165) is 21.0 Å². The van der Waals surface area contributed by atoms with Crippen LogP contribution in [0.4, 0.5) is 0 Å². The van der Waals surface area contributed by atoms with Crippen LogP contribution in [0.3, 0.4) is 0 Å². The molecule has 0 unspecified atom stereocenters. The number of hydrogen-bond donors (Lipinski definition) is 1. The van der Waals surface area contributed by atoms with E-state index in [0.29, 0.717) is 4.88 Å². The number of primary amides is 1. The summed E-state index contributed by atoms with van der Waals surface area (Å²) in [4.78, 5) is 17.2. The van der Waals surface area contributed by atoms with E-state index in [1.54, 1.807) is 23.6 Å². The second-order valence-corrected chi connectivity index (χ2v) is 6.37. The molecule has 0 spiro atoms. The van der Waals surface area contributed by atoms with Crippen LogP contribution in [-0.4, -0.2) is 10.9 Å². The van der Waals surface area contributed by atoms with Gasteiger partial charge in [-0.3, -0.25) is 4.79 Å². The topological polar surface area (TPSA) is 56.0 Å². The summed E-state index contributed by atoms with van der Waals surface area (Å²) in [5.74, 6) is -0.380. The molecular weight excluding hydrogens is 288 g/mol. The highest BCUT2D eigenvalue weighted by Gasteiger charge is 2.11. The van der Waals surface area contributed by atoms with Gasteiger partial charge in [0, 0.05) is 22.0 Å². The highest BCUT2D eigenvalue weighted by molar-refractivity contribution is 7.17. The van der Waals surface area contributed by atoms with Crippen molar-refractivity contribution in [1.29, 1.82) is 0 Å². The third-order valence-corrected chi connectivity index (χ3v) is 4.99. The van der Waals surface area contributed by atoms with Gasteiger partial charge in [-0.15, -0.1) is 22.7 Å². The molecule has 2 N–H and O–H groups in total. The van der Waals surface area contributed by atoms with Crippen LogP contribution in [0, 0.1) is 6.92 Å². The van der Waals surface area contributed by atoms with Crippen molar-refractivity contribution in [3.63, 3.8) is 0 Å². The third-order valence-electron chi connectivity index (χ3n) is 3.03. The molecule has 3 aromatic rings. The number of nitrogens with two attached hydrogens (primary N) is 1. The van der Waals surface area contributed by atoms with E-state index >= 15 is 0 Å². The molecule has 20 heavy (non-hydrogen) atoms. The fourth-order valence-electron chi connectivity index (χ4n) is 2.00. The van der Waals surface area contributed by atoms with E-state index in [1.807, 2.05) is 11.4 Å². The first-order chi connectivity index (χ1) is 9.65. The molecule has 0 radical (unpaired) electrons. The van der Waals surface area contributed by atoms with E-state index < -0.39 is 0 Å². The summed E-state index contributed by atoms with van der Waals surface area (Å²) in [5, 5.41) is 2.96. The number of aryl methyl sites for hydroxylation is 1. The van der Waals surface area contributed by atoms with Crippen molar-refractivity contribution in [3.05, 3.63) is 52.3 Å². The van der Waals surface area contributed by atoms with Crippen LogP contribution >= 0.6 is 22.7 Å². The number of carbonyl (C=O) groups excluding carboxylic acids is 1. The summed E-state index contributed by atoms with van der Waals surface area (Å²) in [6.07, 6.45) is 1.80. The van der Waals surface area contributed by atoms with Gasteiger partial charge in [0.25, 0.3) is 5.91 Å². The smallest absolute Gasteiger partial charge is 0.258 e. The zero-order chi connectivity index (χ0) is 14.1. The van der Waals surface area contributed by atoms with Gasteiger partial charge in [0.1, 0.15) is 5.01 Å². The van der Waals surface area contributed by atoms with Crippen molar-refractivity contribution < 1.29 is 4.79 Å². The first kappa shape index (κ1) is 13.0. The summed E-state index contributed by atoms with van der Waals surface area (Å²) in [5.41, 5.74) is 8.70. The van der Waals surface area contributed by atoms with E-state index in [1.165, 1.54) is 16.9 Å². The van der Waals surface area contributed by atoms with Crippen molar-refractivity contribution >= 4 is 28.6 Å². The van der Waals surface area contributed by atoms with Gasteiger partial charge < -0.3 is 5.73 Å². The Morgan fingerprint density at radius 3 is 2.75 bits per heavy atom. The zero-order valence-electron chi connectivity index (χ0n) is 10.8. The van der Waals surface area contributed by atoms with E-state index in [2.05, 4.69) is 30.1 Å². The normalized spacial score (nSPS) is 10.7. The van der Waals surface area contributed by atoms with E-state index in [-0.39, 0.29) is 5.91 Å². The summed E-state index contributed by atoms with van der Waals surface area (Å²) in [6, 6.07) is 9.98. The molecule has 0 fully saturated rings. The van der Waals surface area contributed by atoms with Gasteiger partial charge in [-0.2, -0.15) is 0 Å². The van der Waals surface area contributed by atoms with Gasteiger partial charge in [-0.25, -0.2) is 4.98 Å². The molecule has 0 aliphatic heterocycles. The van der Waals surface area contributed by atoms with Crippen LogP contribution in [0.5, 0.6) is 0 Å². The Bertz CT molecular complexity index is 760. The molecule has 100 valence electrons. The average molecular weight is 300 g/mol. The first-order valence-corrected chi connectivity index (χ1v) is 7.75. The lowest BCUT2D eigenvalue weighted by atomic mass is 10.0. The molecule has 1 amide bonds. The van der Waals surface area contributed by atoms with Crippen molar-refractivity contribution in [3.8, 4) is 21.0 Å². The number of rotatable bonds is 3. The van der Waals surface area contributed by atoms with Crippen LogP contribution in [-0.2, 0) is 0 Å². The van der Waals surface area contributed by atoms with Gasteiger partial charge in [-0.1, -0.05) is 12.1 Å². The molecule has 1 aromatic carbocycles. The zero-order valence-corrected chi connectivity index (χ0v) is 12.4. The second kappa shape index (κ2) is 5.19. The number of benzene rings is 1. The Labute approximate surface area is 124 Å². The molecule has 0 aliphatic rings. The maximum absolute atomic E-state index is 11.2. The van der Waals surface area contributed by atoms with Crippen LogP contribution in [0.1, 0.15) is 15.2 Å². The Hall–Kier alpha value is -1.98. The number of carbonyl (C=O) groups is 1. The fourth-order valence-corrected chi connectivity index (χ4v) is 3.58. The Balaban J connectivity index is 2.08. The summed E-state index contributed by atoms with van der Waals surface area (Å²) in [7, 11) is 0. The Kier molecular flexibility index (Phi) is 3.38.